The lowest BCUT2D eigenvalue weighted by Crippen LogP contribution is -2.23. The van der Waals surface area contributed by atoms with Crippen molar-refractivity contribution in [2.24, 2.45) is 0 Å². The zero-order chi connectivity index (χ0) is 20.5. The van der Waals surface area contributed by atoms with E-state index in [1.165, 1.54) is 6.08 Å². The van der Waals surface area contributed by atoms with E-state index in [0.717, 1.165) is 24.2 Å². The van der Waals surface area contributed by atoms with Gasteiger partial charge in [0.25, 0.3) is 0 Å². The fourth-order valence-corrected chi connectivity index (χ4v) is 3.05. The minimum Gasteiger partial charge on any atom is -0.493 e. The molecule has 1 heterocycles. The first-order valence-corrected chi connectivity index (χ1v) is 9.65. The average molecular weight is 389 g/mol. The summed E-state index contributed by atoms with van der Waals surface area (Å²) in [4.78, 5) is 25.8. The SMILES string of the molecule is N#CCCCOc1cccc(NC(=O)/C=C/c2ccc(N3CCCC3=O)cc2)c1. The third kappa shape index (κ3) is 5.94. The molecule has 2 amide bonds. The first-order valence-electron chi connectivity index (χ1n) is 9.65. The number of carbonyl (C=O) groups is 2. The molecule has 0 atom stereocenters. The molecule has 1 fully saturated rings. The van der Waals surface area contributed by atoms with Crippen LogP contribution in [-0.2, 0) is 9.59 Å². The lowest BCUT2D eigenvalue weighted by Gasteiger charge is -2.15. The number of unbranched alkanes of at least 4 members (excludes halogenated alkanes) is 1. The highest BCUT2D eigenvalue weighted by molar-refractivity contribution is 6.02. The molecule has 6 nitrogen and oxygen atoms in total. The van der Waals surface area contributed by atoms with Crippen molar-refractivity contribution < 1.29 is 14.3 Å². The van der Waals surface area contributed by atoms with E-state index in [1.807, 2.05) is 30.3 Å². The Balaban J connectivity index is 1.53. The Bertz CT molecular complexity index is 929. The Kier molecular flexibility index (Phi) is 7.01. The molecular weight excluding hydrogens is 366 g/mol. The molecule has 3 rings (SSSR count). The van der Waals surface area contributed by atoms with Crippen LogP contribution in [0.2, 0.25) is 0 Å². The molecule has 0 unspecified atom stereocenters. The number of anilines is 2. The van der Waals surface area contributed by atoms with Crippen molar-refractivity contribution in [1.82, 2.24) is 0 Å². The van der Waals surface area contributed by atoms with E-state index in [9.17, 15) is 9.59 Å². The number of rotatable bonds is 8. The summed E-state index contributed by atoms with van der Waals surface area (Å²) in [5.41, 5.74) is 2.41. The molecule has 0 spiro atoms. The molecule has 6 heteroatoms. The molecule has 2 aromatic carbocycles. The van der Waals surface area contributed by atoms with E-state index < -0.39 is 0 Å². The molecule has 1 saturated heterocycles. The predicted octanol–water partition coefficient (Wildman–Crippen LogP) is 4.15. The van der Waals surface area contributed by atoms with Gasteiger partial charge in [0.2, 0.25) is 11.8 Å². The van der Waals surface area contributed by atoms with Gasteiger partial charge in [-0.2, -0.15) is 5.26 Å². The van der Waals surface area contributed by atoms with Crippen LogP contribution in [-0.4, -0.2) is 25.0 Å². The smallest absolute Gasteiger partial charge is 0.248 e. The normalized spacial score (nSPS) is 13.5. The summed E-state index contributed by atoms with van der Waals surface area (Å²) >= 11 is 0. The number of carbonyl (C=O) groups excluding carboxylic acids is 2. The van der Waals surface area contributed by atoms with Gasteiger partial charge >= 0.3 is 0 Å². The lowest BCUT2D eigenvalue weighted by atomic mass is 10.2. The van der Waals surface area contributed by atoms with Crippen molar-refractivity contribution in [2.45, 2.75) is 25.7 Å². The van der Waals surface area contributed by atoms with Gasteiger partial charge in [0.05, 0.1) is 12.7 Å². The predicted molar refractivity (Wildman–Crippen MR) is 112 cm³/mol. The maximum absolute atomic E-state index is 12.2. The molecule has 1 aliphatic rings. The molecule has 1 aliphatic heterocycles. The lowest BCUT2D eigenvalue weighted by molar-refractivity contribution is -0.117. The number of nitrogens with one attached hydrogen (secondary N) is 1. The van der Waals surface area contributed by atoms with Crippen molar-refractivity contribution >= 4 is 29.3 Å². The van der Waals surface area contributed by atoms with Crippen molar-refractivity contribution in [2.75, 3.05) is 23.4 Å². The van der Waals surface area contributed by atoms with Crippen LogP contribution in [0.5, 0.6) is 5.75 Å². The van der Waals surface area contributed by atoms with E-state index in [1.54, 1.807) is 29.2 Å². The molecule has 0 bridgehead atoms. The number of hydrogen-bond acceptors (Lipinski definition) is 4. The average Bonchev–Trinajstić information content (AvgIpc) is 3.16. The fourth-order valence-electron chi connectivity index (χ4n) is 3.05. The van der Waals surface area contributed by atoms with Crippen LogP contribution in [0.15, 0.2) is 54.6 Å². The number of nitrogens with zero attached hydrogens (tertiary/aromatic N) is 2. The van der Waals surface area contributed by atoms with Gasteiger partial charge in [0.15, 0.2) is 0 Å². The third-order valence-electron chi connectivity index (χ3n) is 4.51. The summed E-state index contributed by atoms with van der Waals surface area (Å²) < 4.78 is 5.57. The zero-order valence-corrected chi connectivity index (χ0v) is 16.1. The van der Waals surface area contributed by atoms with Crippen LogP contribution in [0.4, 0.5) is 11.4 Å². The standard InChI is InChI=1S/C23H23N3O3/c24-14-1-2-16-29-21-6-3-5-19(17-21)25-22(27)13-10-18-8-11-20(12-9-18)26-15-4-7-23(26)28/h3,5-6,8-13,17H,1-2,4,7,15-16H2,(H,25,27)/b13-10+. The summed E-state index contributed by atoms with van der Waals surface area (Å²) in [6, 6.07) is 16.8. The highest BCUT2D eigenvalue weighted by Crippen LogP contribution is 2.22. The minimum absolute atomic E-state index is 0.156. The summed E-state index contributed by atoms with van der Waals surface area (Å²) in [6.45, 7) is 1.22. The van der Waals surface area contributed by atoms with Gasteiger partial charge in [-0.25, -0.2) is 0 Å². The molecule has 0 saturated carbocycles. The van der Waals surface area contributed by atoms with E-state index in [-0.39, 0.29) is 11.8 Å². The van der Waals surface area contributed by atoms with Crippen LogP contribution in [0.1, 0.15) is 31.2 Å². The van der Waals surface area contributed by atoms with Gasteiger partial charge in [-0.3, -0.25) is 9.59 Å². The highest BCUT2D eigenvalue weighted by Gasteiger charge is 2.21. The maximum Gasteiger partial charge on any atom is 0.248 e. The zero-order valence-electron chi connectivity index (χ0n) is 16.1. The Hall–Kier alpha value is -3.59. The monoisotopic (exact) mass is 389 g/mol. The molecule has 0 radical (unpaired) electrons. The van der Waals surface area contributed by atoms with Gasteiger partial charge in [-0.1, -0.05) is 18.2 Å². The first kappa shape index (κ1) is 20.2. The third-order valence-corrected chi connectivity index (χ3v) is 4.51. The Labute approximate surface area is 170 Å². The Morgan fingerprint density at radius 2 is 2.07 bits per heavy atom. The fraction of sp³-hybridized carbons (Fsp3) is 0.261. The van der Waals surface area contributed by atoms with E-state index in [0.29, 0.717) is 37.3 Å². The summed E-state index contributed by atoms with van der Waals surface area (Å²) in [7, 11) is 0. The van der Waals surface area contributed by atoms with Crippen LogP contribution in [0, 0.1) is 11.3 Å². The van der Waals surface area contributed by atoms with Crippen molar-refractivity contribution in [3.05, 3.63) is 60.2 Å². The van der Waals surface area contributed by atoms with Gasteiger partial charge in [-0.15, -0.1) is 0 Å². The second kappa shape index (κ2) is 10.1. The van der Waals surface area contributed by atoms with Crippen molar-refractivity contribution in [3.63, 3.8) is 0 Å². The van der Waals surface area contributed by atoms with Gasteiger partial charge in [-0.05, 0) is 48.7 Å². The van der Waals surface area contributed by atoms with E-state index in [2.05, 4.69) is 11.4 Å². The molecule has 1 N–H and O–H groups in total. The first-order chi connectivity index (χ1) is 14.2. The van der Waals surface area contributed by atoms with E-state index >= 15 is 0 Å². The van der Waals surface area contributed by atoms with Gasteiger partial charge < -0.3 is 15.0 Å². The van der Waals surface area contributed by atoms with Gasteiger partial charge in [0, 0.05) is 42.9 Å². The van der Waals surface area contributed by atoms with Crippen molar-refractivity contribution in [1.29, 1.82) is 5.26 Å². The van der Waals surface area contributed by atoms with Crippen LogP contribution in [0.25, 0.3) is 6.08 Å². The number of ether oxygens (including phenoxy) is 1. The number of amides is 2. The molecule has 29 heavy (non-hydrogen) atoms. The van der Waals surface area contributed by atoms with Crippen LogP contribution in [0.3, 0.4) is 0 Å². The van der Waals surface area contributed by atoms with Crippen molar-refractivity contribution in [3.8, 4) is 11.8 Å². The molecule has 148 valence electrons. The highest BCUT2D eigenvalue weighted by atomic mass is 16.5. The second-order valence-electron chi connectivity index (χ2n) is 6.70. The number of nitriles is 1. The second-order valence-corrected chi connectivity index (χ2v) is 6.70. The number of benzene rings is 2. The number of hydrogen-bond donors (Lipinski definition) is 1. The molecule has 2 aromatic rings. The summed E-state index contributed by atoms with van der Waals surface area (Å²) in [6.07, 6.45) is 5.82. The van der Waals surface area contributed by atoms with Crippen LogP contribution >= 0.6 is 0 Å². The minimum atomic E-state index is -0.245. The topological polar surface area (TPSA) is 82.4 Å². The largest absolute Gasteiger partial charge is 0.493 e. The Morgan fingerprint density at radius 1 is 1.24 bits per heavy atom. The van der Waals surface area contributed by atoms with Crippen LogP contribution < -0.4 is 15.0 Å². The molecule has 0 aromatic heterocycles. The quantitative estimate of drug-likeness (QED) is 0.543. The summed E-state index contributed by atoms with van der Waals surface area (Å²) in [5, 5.41) is 11.3. The Morgan fingerprint density at radius 3 is 2.79 bits per heavy atom. The molecular formula is C23H23N3O3. The van der Waals surface area contributed by atoms with Gasteiger partial charge in [0.1, 0.15) is 5.75 Å². The molecule has 0 aliphatic carbocycles. The van der Waals surface area contributed by atoms with E-state index in [4.69, 9.17) is 10.00 Å². The summed E-state index contributed by atoms with van der Waals surface area (Å²) in [5.74, 6) is 0.561. The maximum atomic E-state index is 12.2.